The number of amides is 1. The lowest BCUT2D eigenvalue weighted by Gasteiger charge is -2.33. The molecule has 5 nitrogen and oxygen atoms in total. The van der Waals surface area contributed by atoms with Gasteiger partial charge in [0, 0.05) is 23.9 Å². The number of nitrogens with zero attached hydrogens (tertiary/aromatic N) is 1. The Morgan fingerprint density at radius 2 is 1.88 bits per heavy atom. The molecule has 1 aliphatic rings. The third-order valence-electron chi connectivity index (χ3n) is 6.52. The normalized spacial score (nSPS) is 14.4. The maximum absolute atomic E-state index is 13.5. The Labute approximate surface area is 192 Å². The molecule has 1 aromatic heterocycles. The number of carbonyl (C=O) groups is 2. The number of pyridine rings is 1. The number of carboxylic acids is 1. The first-order chi connectivity index (χ1) is 15.9. The first-order valence-electron chi connectivity index (χ1n) is 11.2. The summed E-state index contributed by atoms with van der Waals surface area (Å²) in [7, 11) is 0. The molecule has 1 aliphatic carbocycles. The van der Waals surface area contributed by atoms with Crippen LogP contribution in [0.1, 0.15) is 48.3 Å². The van der Waals surface area contributed by atoms with E-state index in [2.05, 4.69) is 10.3 Å². The van der Waals surface area contributed by atoms with Gasteiger partial charge in [-0.05, 0) is 66.5 Å². The molecular weight excluding hydrogens is 419 g/mol. The molecule has 4 rings (SSSR count). The maximum Gasteiger partial charge on any atom is 0.303 e. The molecule has 0 saturated heterocycles. The highest BCUT2D eigenvalue weighted by Crippen LogP contribution is 2.40. The van der Waals surface area contributed by atoms with Gasteiger partial charge in [-0.25, -0.2) is 4.39 Å². The SMILES string of the molecule is Cc1c(CCC(=O)O)cccc1NC(=O)C(c1ccc(-c2cncc(F)c2)cc1)C1CCC1. The second-order valence-corrected chi connectivity index (χ2v) is 8.66. The second kappa shape index (κ2) is 9.94. The fraction of sp³-hybridized carbons (Fsp3) is 0.296. The number of benzene rings is 2. The smallest absolute Gasteiger partial charge is 0.303 e. The zero-order valence-electron chi connectivity index (χ0n) is 18.6. The highest BCUT2D eigenvalue weighted by atomic mass is 19.1. The number of aromatic nitrogens is 1. The zero-order valence-corrected chi connectivity index (χ0v) is 18.6. The van der Waals surface area contributed by atoms with E-state index in [1.807, 2.05) is 49.4 Å². The minimum absolute atomic E-state index is 0.0517. The molecule has 0 radical (unpaired) electrons. The van der Waals surface area contributed by atoms with Gasteiger partial charge in [-0.2, -0.15) is 0 Å². The van der Waals surface area contributed by atoms with Crippen LogP contribution >= 0.6 is 0 Å². The summed E-state index contributed by atoms with van der Waals surface area (Å²) in [5.41, 5.74) is 5.01. The number of halogens is 1. The molecule has 0 bridgehead atoms. The molecule has 1 saturated carbocycles. The molecule has 1 unspecified atom stereocenters. The summed E-state index contributed by atoms with van der Waals surface area (Å²) in [5.74, 6) is -1.28. The Hall–Kier alpha value is -3.54. The number of rotatable bonds is 8. The van der Waals surface area contributed by atoms with Crippen LogP contribution in [-0.4, -0.2) is 22.0 Å². The van der Waals surface area contributed by atoms with Gasteiger partial charge in [-0.1, -0.05) is 42.8 Å². The van der Waals surface area contributed by atoms with E-state index in [1.54, 1.807) is 6.20 Å². The Bertz CT molecular complexity index is 1160. The van der Waals surface area contributed by atoms with E-state index in [0.717, 1.165) is 47.2 Å². The molecule has 3 aromatic rings. The van der Waals surface area contributed by atoms with Crippen LogP contribution in [0.25, 0.3) is 11.1 Å². The Kier molecular flexibility index (Phi) is 6.82. The Morgan fingerprint density at radius 3 is 2.52 bits per heavy atom. The van der Waals surface area contributed by atoms with Crippen molar-refractivity contribution in [3.8, 4) is 11.1 Å². The number of hydrogen-bond donors (Lipinski definition) is 2. The van der Waals surface area contributed by atoms with Gasteiger partial charge in [0.1, 0.15) is 5.82 Å². The van der Waals surface area contributed by atoms with Crippen LogP contribution in [0.3, 0.4) is 0 Å². The van der Waals surface area contributed by atoms with Crippen molar-refractivity contribution in [1.82, 2.24) is 4.98 Å². The van der Waals surface area contributed by atoms with E-state index in [-0.39, 0.29) is 30.0 Å². The summed E-state index contributed by atoms with van der Waals surface area (Å²) in [6, 6.07) is 14.7. The molecule has 1 fully saturated rings. The molecule has 1 amide bonds. The van der Waals surface area contributed by atoms with Crippen molar-refractivity contribution < 1.29 is 19.1 Å². The van der Waals surface area contributed by atoms with Crippen molar-refractivity contribution in [2.45, 2.75) is 44.9 Å². The number of carboxylic acid groups (broad SMARTS) is 1. The summed E-state index contributed by atoms with van der Waals surface area (Å²) in [6.07, 6.45) is 6.40. The van der Waals surface area contributed by atoms with Crippen LogP contribution in [0.4, 0.5) is 10.1 Å². The first kappa shape index (κ1) is 22.6. The van der Waals surface area contributed by atoms with Crippen LogP contribution in [-0.2, 0) is 16.0 Å². The molecule has 1 atom stereocenters. The summed E-state index contributed by atoms with van der Waals surface area (Å²) >= 11 is 0. The third kappa shape index (κ3) is 5.28. The van der Waals surface area contributed by atoms with Crippen LogP contribution in [0, 0.1) is 18.7 Å². The van der Waals surface area contributed by atoms with Crippen LogP contribution in [0.5, 0.6) is 0 Å². The van der Waals surface area contributed by atoms with Gasteiger partial charge in [-0.15, -0.1) is 0 Å². The molecule has 2 aromatic carbocycles. The van der Waals surface area contributed by atoms with Crippen molar-refractivity contribution in [1.29, 1.82) is 0 Å². The lowest BCUT2D eigenvalue weighted by molar-refractivity contribution is -0.137. The van der Waals surface area contributed by atoms with Gasteiger partial charge >= 0.3 is 5.97 Å². The van der Waals surface area contributed by atoms with E-state index in [1.165, 1.54) is 12.3 Å². The number of carbonyl (C=O) groups excluding carboxylic acids is 1. The number of anilines is 1. The van der Waals surface area contributed by atoms with E-state index >= 15 is 0 Å². The second-order valence-electron chi connectivity index (χ2n) is 8.66. The minimum Gasteiger partial charge on any atom is -0.481 e. The standard InChI is InChI=1S/C27H27FN2O3/c1-17-18(12-13-25(31)32)4-3-7-24(17)30-27(33)26(20-5-2-6-20)21-10-8-19(9-11-21)22-14-23(28)16-29-15-22/h3-4,7-11,14-16,20,26H,2,5-6,12-13H2,1H3,(H,30,33)(H,31,32). The van der Waals surface area contributed by atoms with Crippen LogP contribution in [0.2, 0.25) is 0 Å². The molecule has 0 aliphatic heterocycles. The quantitative estimate of drug-likeness (QED) is 0.463. The number of nitrogens with one attached hydrogen (secondary N) is 1. The lowest BCUT2D eigenvalue weighted by Crippen LogP contribution is -2.31. The Morgan fingerprint density at radius 1 is 1.12 bits per heavy atom. The van der Waals surface area contributed by atoms with E-state index in [4.69, 9.17) is 5.11 Å². The van der Waals surface area contributed by atoms with Gasteiger partial charge in [0.15, 0.2) is 0 Å². The first-order valence-corrected chi connectivity index (χ1v) is 11.2. The highest BCUT2D eigenvalue weighted by molar-refractivity contribution is 5.97. The van der Waals surface area contributed by atoms with E-state index < -0.39 is 5.97 Å². The van der Waals surface area contributed by atoms with E-state index in [0.29, 0.717) is 12.0 Å². The van der Waals surface area contributed by atoms with E-state index in [9.17, 15) is 14.0 Å². The fourth-order valence-corrected chi connectivity index (χ4v) is 4.41. The van der Waals surface area contributed by atoms with Crippen LogP contribution in [0.15, 0.2) is 60.9 Å². The average molecular weight is 447 g/mol. The molecular formula is C27H27FN2O3. The number of aryl methyl sites for hydroxylation is 1. The molecule has 2 N–H and O–H groups in total. The van der Waals surface area contributed by atoms with Gasteiger partial charge in [-0.3, -0.25) is 14.6 Å². The minimum atomic E-state index is -0.841. The topological polar surface area (TPSA) is 79.3 Å². The molecule has 0 spiro atoms. The molecule has 1 heterocycles. The largest absolute Gasteiger partial charge is 0.481 e. The maximum atomic E-state index is 13.5. The van der Waals surface area contributed by atoms with Crippen molar-refractivity contribution in [2.24, 2.45) is 5.92 Å². The van der Waals surface area contributed by atoms with Crippen molar-refractivity contribution >= 4 is 17.6 Å². The van der Waals surface area contributed by atoms with Crippen molar-refractivity contribution in [2.75, 3.05) is 5.32 Å². The average Bonchev–Trinajstić information content (AvgIpc) is 2.76. The predicted octanol–water partition coefficient (Wildman–Crippen LogP) is 5.74. The number of aliphatic carboxylic acids is 1. The van der Waals surface area contributed by atoms with Crippen molar-refractivity contribution in [3.63, 3.8) is 0 Å². The molecule has 170 valence electrons. The fourth-order valence-electron chi connectivity index (χ4n) is 4.41. The van der Waals surface area contributed by atoms with Gasteiger partial charge in [0.2, 0.25) is 5.91 Å². The summed E-state index contributed by atoms with van der Waals surface area (Å²) in [4.78, 5) is 28.3. The summed E-state index contributed by atoms with van der Waals surface area (Å²) in [6.45, 7) is 1.91. The summed E-state index contributed by atoms with van der Waals surface area (Å²) in [5, 5.41) is 12.1. The van der Waals surface area contributed by atoms with Gasteiger partial charge < -0.3 is 10.4 Å². The van der Waals surface area contributed by atoms with Crippen molar-refractivity contribution in [3.05, 3.63) is 83.4 Å². The molecule has 33 heavy (non-hydrogen) atoms. The summed E-state index contributed by atoms with van der Waals surface area (Å²) < 4.78 is 13.5. The van der Waals surface area contributed by atoms with Crippen LogP contribution < -0.4 is 5.32 Å². The van der Waals surface area contributed by atoms with Gasteiger partial charge in [0.05, 0.1) is 12.1 Å². The Balaban J connectivity index is 1.55. The third-order valence-corrected chi connectivity index (χ3v) is 6.52. The lowest BCUT2D eigenvalue weighted by atomic mass is 9.72. The predicted molar refractivity (Wildman–Crippen MR) is 125 cm³/mol. The molecule has 6 heteroatoms. The highest BCUT2D eigenvalue weighted by Gasteiger charge is 2.34. The zero-order chi connectivity index (χ0) is 23.4. The monoisotopic (exact) mass is 446 g/mol. The number of hydrogen-bond acceptors (Lipinski definition) is 3. The van der Waals surface area contributed by atoms with Gasteiger partial charge in [0.25, 0.3) is 0 Å².